The standard InChI is InChI=1S/C17H19N3O/c21-20-17(19-14-16-9-5-2-6-10-16)11-12-18-13-15-7-3-1-4-8-15/h1-10,14,18,21H,11-13H2/b19-14?,20-17-. The largest absolute Gasteiger partial charge is 0.409 e. The van der Waals surface area contributed by atoms with Gasteiger partial charge in [0.2, 0.25) is 0 Å². The highest BCUT2D eigenvalue weighted by Crippen LogP contribution is 1.98. The Bertz CT molecular complexity index is 579. The van der Waals surface area contributed by atoms with Gasteiger partial charge in [0.1, 0.15) is 0 Å². The van der Waals surface area contributed by atoms with Crippen molar-refractivity contribution in [3.05, 3.63) is 71.8 Å². The first-order valence-corrected chi connectivity index (χ1v) is 6.93. The third kappa shape index (κ3) is 5.58. The topological polar surface area (TPSA) is 57.0 Å². The molecule has 0 radical (unpaired) electrons. The zero-order valence-corrected chi connectivity index (χ0v) is 11.8. The van der Waals surface area contributed by atoms with Crippen LogP contribution in [0, 0.1) is 0 Å². The van der Waals surface area contributed by atoms with Gasteiger partial charge in [-0.3, -0.25) is 0 Å². The Balaban J connectivity index is 1.74. The monoisotopic (exact) mass is 281 g/mol. The summed E-state index contributed by atoms with van der Waals surface area (Å²) in [6, 6.07) is 19.9. The summed E-state index contributed by atoms with van der Waals surface area (Å²) in [4.78, 5) is 4.19. The van der Waals surface area contributed by atoms with E-state index in [2.05, 4.69) is 27.6 Å². The molecule has 0 aliphatic carbocycles. The number of nitrogens with zero attached hydrogens (tertiary/aromatic N) is 2. The predicted octanol–water partition coefficient (Wildman–Crippen LogP) is 3.07. The van der Waals surface area contributed by atoms with Gasteiger partial charge in [0, 0.05) is 25.7 Å². The van der Waals surface area contributed by atoms with Crippen LogP contribution in [0.5, 0.6) is 0 Å². The van der Waals surface area contributed by atoms with Gasteiger partial charge in [0.25, 0.3) is 0 Å². The lowest BCUT2D eigenvalue weighted by molar-refractivity contribution is 0.317. The summed E-state index contributed by atoms with van der Waals surface area (Å²) in [6.45, 7) is 1.50. The predicted molar refractivity (Wildman–Crippen MR) is 86.0 cm³/mol. The van der Waals surface area contributed by atoms with Crippen LogP contribution in [0.4, 0.5) is 0 Å². The molecule has 0 aliphatic rings. The number of hydrogen-bond acceptors (Lipinski definition) is 3. The smallest absolute Gasteiger partial charge is 0.168 e. The van der Waals surface area contributed by atoms with Crippen LogP contribution in [0.3, 0.4) is 0 Å². The fraction of sp³-hybridized carbons (Fsp3) is 0.176. The summed E-state index contributed by atoms with van der Waals surface area (Å²) in [5, 5.41) is 15.5. The Labute approximate surface area is 124 Å². The molecule has 0 saturated carbocycles. The molecule has 0 unspecified atom stereocenters. The van der Waals surface area contributed by atoms with Crippen molar-refractivity contribution in [2.75, 3.05) is 6.54 Å². The van der Waals surface area contributed by atoms with Gasteiger partial charge in [-0.2, -0.15) is 0 Å². The lowest BCUT2D eigenvalue weighted by Crippen LogP contribution is -2.17. The summed E-state index contributed by atoms with van der Waals surface area (Å²) in [7, 11) is 0. The van der Waals surface area contributed by atoms with Crippen LogP contribution in [0.1, 0.15) is 17.5 Å². The Morgan fingerprint density at radius 2 is 1.67 bits per heavy atom. The van der Waals surface area contributed by atoms with Crippen molar-refractivity contribution in [2.45, 2.75) is 13.0 Å². The lowest BCUT2D eigenvalue weighted by Gasteiger charge is -2.04. The SMILES string of the molecule is O/N=C(/CCNCc1ccccc1)N=Cc1ccccc1. The third-order valence-electron chi connectivity index (χ3n) is 2.97. The van der Waals surface area contributed by atoms with E-state index in [1.54, 1.807) is 6.21 Å². The zero-order valence-electron chi connectivity index (χ0n) is 11.8. The summed E-state index contributed by atoms with van der Waals surface area (Å²) in [5.74, 6) is 0.416. The molecule has 0 heterocycles. The second-order valence-electron chi connectivity index (χ2n) is 4.60. The molecule has 4 heteroatoms. The molecule has 108 valence electrons. The molecular formula is C17H19N3O. The number of nitrogens with one attached hydrogen (secondary N) is 1. The highest BCUT2D eigenvalue weighted by atomic mass is 16.4. The van der Waals surface area contributed by atoms with Crippen LogP contribution in [0.2, 0.25) is 0 Å². The van der Waals surface area contributed by atoms with Crippen molar-refractivity contribution in [2.24, 2.45) is 10.1 Å². The summed E-state index contributed by atoms with van der Waals surface area (Å²) in [5.41, 5.74) is 2.21. The van der Waals surface area contributed by atoms with Crippen molar-refractivity contribution >= 4 is 12.1 Å². The van der Waals surface area contributed by atoms with E-state index in [1.807, 2.05) is 48.5 Å². The van der Waals surface area contributed by atoms with E-state index in [9.17, 15) is 0 Å². The number of aliphatic imine (C=N–C) groups is 1. The van der Waals surface area contributed by atoms with Crippen LogP contribution in [-0.4, -0.2) is 23.8 Å². The molecule has 0 fully saturated rings. The Kier molecular flexibility index (Phi) is 6.16. The van der Waals surface area contributed by atoms with Gasteiger partial charge in [-0.05, 0) is 11.1 Å². The van der Waals surface area contributed by atoms with E-state index < -0.39 is 0 Å². The number of rotatable bonds is 6. The Morgan fingerprint density at radius 3 is 2.33 bits per heavy atom. The van der Waals surface area contributed by atoms with Crippen molar-refractivity contribution in [3.63, 3.8) is 0 Å². The van der Waals surface area contributed by atoms with E-state index >= 15 is 0 Å². The Morgan fingerprint density at radius 1 is 1.00 bits per heavy atom. The molecule has 21 heavy (non-hydrogen) atoms. The van der Waals surface area contributed by atoms with E-state index in [4.69, 9.17) is 5.21 Å². The minimum Gasteiger partial charge on any atom is -0.409 e. The van der Waals surface area contributed by atoms with Crippen molar-refractivity contribution in [3.8, 4) is 0 Å². The second-order valence-corrected chi connectivity index (χ2v) is 4.60. The van der Waals surface area contributed by atoms with Gasteiger partial charge in [-0.1, -0.05) is 65.8 Å². The molecule has 4 nitrogen and oxygen atoms in total. The normalized spacial score (nSPS) is 11.9. The lowest BCUT2D eigenvalue weighted by atomic mass is 10.2. The fourth-order valence-corrected chi connectivity index (χ4v) is 1.86. The minimum atomic E-state index is 0.416. The van der Waals surface area contributed by atoms with Crippen molar-refractivity contribution in [1.82, 2.24) is 5.32 Å². The fourth-order valence-electron chi connectivity index (χ4n) is 1.86. The molecule has 2 aromatic rings. The van der Waals surface area contributed by atoms with Crippen LogP contribution < -0.4 is 5.32 Å². The van der Waals surface area contributed by atoms with Gasteiger partial charge >= 0.3 is 0 Å². The highest BCUT2D eigenvalue weighted by molar-refractivity contribution is 5.94. The molecule has 2 aromatic carbocycles. The average Bonchev–Trinajstić information content (AvgIpc) is 2.56. The summed E-state index contributed by atoms with van der Waals surface area (Å²) < 4.78 is 0. The van der Waals surface area contributed by atoms with E-state index in [-0.39, 0.29) is 0 Å². The maximum absolute atomic E-state index is 8.97. The number of amidine groups is 1. The maximum atomic E-state index is 8.97. The maximum Gasteiger partial charge on any atom is 0.168 e. The number of oxime groups is 1. The molecule has 2 rings (SSSR count). The van der Waals surface area contributed by atoms with Crippen LogP contribution in [-0.2, 0) is 6.54 Å². The van der Waals surface area contributed by atoms with Crippen molar-refractivity contribution < 1.29 is 5.21 Å². The van der Waals surface area contributed by atoms with E-state index in [0.29, 0.717) is 18.8 Å². The van der Waals surface area contributed by atoms with Crippen LogP contribution in [0.15, 0.2) is 70.8 Å². The van der Waals surface area contributed by atoms with E-state index in [1.165, 1.54) is 5.56 Å². The zero-order chi connectivity index (χ0) is 14.8. The van der Waals surface area contributed by atoms with Crippen molar-refractivity contribution in [1.29, 1.82) is 0 Å². The van der Waals surface area contributed by atoms with Gasteiger partial charge in [-0.25, -0.2) is 4.99 Å². The summed E-state index contributed by atoms with van der Waals surface area (Å²) in [6.07, 6.45) is 2.28. The number of hydrogen-bond donors (Lipinski definition) is 2. The highest BCUT2D eigenvalue weighted by Gasteiger charge is 1.97. The molecule has 0 aliphatic heterocycles. The molecular weight excluding hydrogens is 262 g/mol. The minimum absolute atomic E-state index is 0.416. The first kappa shape index (κ1) is 14.9. The summed E-state index contributed by atoms with van der Waals surface area (Å²) >= 11 is 0. The van der Waals surface area contributed by atoms with E-state index in [0.717, 1.165) is 12.1 Å². The molecule has 2 N–H and O–H groups in total. The first-order chi connectivity index (χ1) is 10.4. The second kappa shape index (κ2) is 8.66. The third-order valence-corrected chi connectivity index (χ3v) is 2.97. The molecule has 0 spiro atoms. The number of benzene rings is 2. The molecule has 0 bridgehead atoms. The molecule has 0 atom stereocenters. The van der Waals surface area contributed by atoms with Crippen LogP contribution in [0.25, 0.3) is 0 Å². The first-order valence-electron chi connectivity index (χ1n) is 6.93. The quantitative estimate of drug-likeness (QED) is 0.281. The molecule has 0 saturated heterocycles. The van der Waals surface area contributed by atoms with Gasteiger partial charge in [0.15, 0.2) is 5.84 Å². The van der Waals surface area contributed by atoms with Gasteiger partial charge < -0.3 is 10.5 Å². The molecule has 0 amide bonds. The van der Waals surface area contributed by atoms with Crippen LogP contribution >= 0.6 is 0 Å². The molecule has 0 aromatic heterocycles. The Hall–Kier alpha value is -2.46. The van der Waals surface area contributed by atoms with Gasteiger partial charge in [0.05, 0.1) is 0 Å². The van der Waals surface area contributed by atoms with Gasteiger partial charge in [-0.15, -0.1) is 0 Å². The average molecular weight is 281 g/mol.